The normalized spacial score (nSPS) is 15.6. The highest BCUT2D eigenvalue weighted by Crippen LogP contribution is 2.16. The van der Waals surface area contributed by atoms with E-state index in [1.807, 2.05) is 0 Å². The molecule has 0 heterocycles. The van der Waals surface area contributed by atoms with Crippen LogP contribution in [0.25, 0.3) is 0 Å². The number of carboxylic acids is 1. The molecular formula is C9H19NO2. The van der Waals surface area contributed by atoms with E-state index in [9.17, 15) is 4.79 Å². The Balaban J connectivity index is 3.74. The van der Waals surface area contributed by atoms with Gasteiger partial charge < -0.3 is 10.8 Å². The second kappa shape index (κ2) is 6.00. The maximum atomic E-state index is 10.4. The first-order chi connectivity index (χ1) is 5.60. The van der Waals surface area contributed by atoms with Gasteiger partial charge in [-0.3, -0.25) is 4.79 Å². The fourth-order valence-electron chi connectivity index (χ4n) is 1.25. The van der Waals surface area contributed by atoms with E-state index in [4.69, 9.17) is 10.8 Å². The van der Waals surface area contributed by atoms with Crippen LogP contribution in [-0.2, 0) is 4.79 Å². The van der Waals surface area contributed by atoms with Crippen LogP contribution in [0.1, 0.15) is 33.1 Å². The Hall–Kier alpha value is -0.570. The highest BCUT2D eigenvalue weighted by molar-refractivity contribution is 5.67. The third kappa shape index (κ3) is 5.13. The fourth-order valence-corrected chi connectivity index (χ4v) is 1.25. The minimum atomic E-state index is -0.742. The minimum absolute atomic E-state index is 0.150. The third-order valence-electron chi connectivity index (χ3n) is 2.23. The van der Waals surface area contributed by atoms with Gasteiger partial charge in [-0.05, 0) is 24.8 Å². The third-order valence-corrected chi connectivity index (χ3v) is 2.23. The topological polar surface area (TPSA) is 63.3 Å². The molecule has 0 bridgehead atoms. The van der Waals surface area contributed by atoms with E-state index in [-0.39, 0.29) is 12.3 Å². The molecule has 0 aliphatic heterocycles. The molecule has 3 heteroatoms. The molecule has 0 radical (unpaired) electrons. The van der Waals surface area contributed by atoms with Gasteiger partial charge in [0.15, 0.2) is 0 Å². The Morgan fingerprint density at radius 2 is 2.17 bits per heavy atom. The van der Waals surface area contributed by atoms with Crippen LogP contribution in [0.4, 0.5) is 0 Å². The molecule has 3 N–H and O–H groups in total. The molecular weight excluding hydrogens is 154 g/mol. The summed E-state index contributed by atoms with van der Waals surface area (Å²) in [5.41, 5.74) is 5.46. The number of nitrogens with two attached hydrogens (primary N) is 1. The summed E-state index contributed by atoms with van der Waals surface area (Å²) in [6.45, 7) is 4.72. The molecule has 2 unspecified atom stereocenters. The van der Waals surface area contributed by atoms with Crippen molar-refractivity contribution in [2.45, 2.75) is 33.1 Å². The van der Waals surface area contributed by atoms with Crippen LogP contribution < -0.4 is 5.73 Å². The Bertz CT molecular complexity index is 136. The summed E-state index contributed by atoms with van der Waals surface area (Å²) < 4.78 is 0. The van der Waals surface area contributed by atoms with E-state index < -0.39 is 5.97 Å². The van der Waals surface area contributed by atoms with Crippen molar-refractivity contribution in [1.29, 1.82) is 0 Å². The Morgan fingerprint density at radius 1 is 1.58 bits per heavy atom. The van der Waals surface area contributed by atoms with Gasteiger partial charge in [-0.15, -0.1) is 0 Å². The van der Waals surface area contributed by atoms with Crippen LogP contribution in [0.15, 0.2) is 0 Å². The van der Waals surface area contributed by atoms with Gasteiger partial charge >= 0.3 is 5.97 Å². The summed E-state index contributed by atoms with van der Waals surface area (Å²) in [4.78, 5) is 10.4. The molecule has 3 nitrogen and oxygen atoms in total. The molecule has 0 aromatic rings. The Labute approximate surface area is 74.0 Å². The van der Waals surface area contributed by atoms with Crippen LogP contribution in [0, 0.1) is 11.8 Å². The van der Waals surface area contributed by atoms with Crippen molar-refractivity contribution < 1.29 is 9.90 Å². The van der Waals surface area contributed by atoms with Gasteiger partial charge in [0.1, 0.15) is 0 Å². The van der Waals surface area contributed by atoms with Gasteiger partial charge in [-0.1, -0.05) is 20.3 Å². The van der Waals surface area contributed by atoms with Crippen molar-refractivity contribution in [3.63, 3.8) is 0 Å². The van der Waals surface area contributed by atoms with Gasteiger partial charge in [0.2, 0.25) is 0 Å². The highest BCUT2D eigenvalue weighted by Gasteiger charge is 2.13. The lowest BCUT2D eigenvalue weighted by Gasteiger charge is -2.16. The summed E-state index contributed by atoms with van der Waals surface area (Å²) in [6, 6.07) is 0. The van der Waals surface area contributed by atoms with Crippen LogP contribution in [0.2, 0.25) is 0 Å². The lowest BCUT2D eigenvalue weighted by atomic mass is 9.92. The van der Waals surface area contributed by atoms with Crippen LogP contribution >= 0.6 is 0 Å². The van der Waals surface area contributed by atoms with Crippen molar-refractivity contribution in [3.05, 3.63) is 0 Å². The zero-order valence-electron chi connectivity index (χ0n) is 7.92. The largest absolute Gasteiger partial charge is 0.481 e. The van der Waals surface area contributed by atoms with E-state index >= 15 is 0 Å². The predicted octanol–water partition coefficient (Wildman–Crippen LogP) is 1.47. The van der Waals surface area contributed by atoms with Gasteiger partial charge in [0, 0.05) is 6.42 Å². The molecule has 0 aliphatic rings. The zero-order chi connectivity index (χ0) is 9.56. The molecule has 0 fully saturated rings. The molecule has 12 heavy (non-hydrogen) atoms. The lowest BCUT2D eigenvalue weighted by molar-refractivity contribution is -0.138. The van der Waals surface area contributed by atoms with Crippen LogP contribution in [-0.4, -0.2) is 17.6 Å². The number of carboxylic acid groups (broad SMARTS) is 1. The van der Waals surface area contributed by atoms with E-state index in [1.54, 1.807) is 0 Å². The molecule has 0 amide bonds. The average Bonchev–Trinajstić information content (AvgIpc) is 2.02. The van der Waals surface area contributed by atoms with Crippen molar-refractivity contribution in [1.82, 2.24) is 0 Å². The predicted molar refractivity (Wildman–Crippen MR) is 48.9 cm³/mol. The monoisotopic (exact) mass is 173 g/mol. The number of aliphatic carboxylic acids is 1. The van der Waals surface area contributed by atoms with Crippen molar-refractivity contribution >= 4 is 5.97 Å². The first kappa shape index (κ1) is 11.4. The number of hydrogen-bond acceptors (Lipinski definition) is 2. The van der Waals surface area contributed by atoms with E-state index in [1.165, 1.54) is 0 Å². The molecule has 72 valence electrons. The van der Waals surface area contributed by atoms with Crippen molar-refractivity contribution in [3.8, 4) is 0 Å². The van der Waals surface area contributed by atoms with Crippen molar-refractivity contribution in [2.24, 2.45) is 17.6 Å². The second-order valence-electron chi connectivity index (χ2n) is 3.45. The van der Waals surface area contributed by atoms with Crippen LogP contribution in [0.3, 0.4) is 0 Å². The SMILES string of the molecule is CCC(C)CC(CN)CC(=O)O. The number of hydrogen-bond donors (Lipinski definition) is 2. The lowest BCUT2D eigenvalue weighted by Crippen LogP contribution is -2.20. The smallest absolute Gasteiger partial charge is 0.303 e. The van der Waals surface area contributed by atoms with Gasteiger partial charge in [-0.25, -0.2) is 0 Å². The molecule has 2 atom stereocenters. The summed E-state index contributed by atoms with van der Waals surface area (Å²) in [6.07, 6.45) is 2.23. The first-order valence-corrected chi connectivity index (χ1v) is 4.52. The first-order valence-electron chi connectivity index (χ1n) is 4.52. The Morgan fingerprint density at radius 3 is 2.50 bits per heavy atom. The standard InChI is InChI=1S/C9H19NO2/c1-3-7(2)4-8(6-10)5-9(11)12/h7-8H,3-6,10H2,1-2H3,(H,11,12). The second-order valence-corrected chi connectivity index (χ2v) is 3.45. The van der Waals surface area contributed by atoms with E-state index in [2.05, 4.69) is 13.8 Å². The van der Waals surface area contributed by atoms with Crippen molar-refractivity contribution in [2.75, 3.05) is 6.54 Å². The summed E-state index contributed by atoms with van der Waals surface area (Å²) in [5.74, 6) is -0.0101. The molecule has 0 spiro atoms. The minimum Gasteiger partial charge on any atom is -0.481 e. The van der Waals surface area contributed by atoms with Gasteiger partial charge in [-0.2, -0.15) is 0 Å². The molecule has 0 aromatic heterocycles. The molecule has 0 rings (SSSR count). The fraction of sp³-hybridized carbons (Fsp3) is 0.889. The Kier molecular flexibility index (Phi) is 5.72. The maximum absolute atomic E-state index is 10.4. The molecule has 0 saturated carbocycles. The number of carbonyl (C=O) groups is 1. The average molecular weight is 173 g/mol. The zero-order valence-corrected chi connectivity index (χ0v) is 7.92. The van der Waals surface area contributed by atoms with E-state index in [0.717, 1.165) is 12.8 Å². The molecule has 0 saturated heterocycles. The molecule has 0 aromatic carbocycles. The quantitative estimate of drug-likeness (QED) is 0.639. The maximum Gasteiger partial charge on any atom is 0.303 e. The summed E-state index contributed by atoms with van der Waals surface area (Å²) >= 11 is 0. The summed E-state index contributed by atoms with van der Waals surface area (Å²) in [7, 11) is 0. The summed E-state index contributed by atoms with van der Waals surface area (Å²) in [5, 5.41) is 8.55. The van der Waals surface area contributed by atoms with Crippen LogP contribution in [0.5, 0.6) is 0 Å². The number of rotatable bonds is 6. The molecule has 0 aliphatic carbocycles. The van der Waals surface area contributed by atoms with E-state index in [0.29, 0.717) is 12.5 Å². The van der Waals surface area contributed by atoms with Gasteiger partial charge in [0.05, 0.1) is 0 Å². The van der Waals surface area contributed by atoms with Gasteiger partial charge in [0.25, 0.3) is 0 Å². The highest BCUT2D eigenvalue weighted by atomic mass is 16.4.